The zero-order valence-corrected chi connectivity index (χ0v) is 20.7. The lowest BCUT2D eigenvalue weighted by Crippen LogP contribution is -2.59. The van der Waals surface area contributed by atoms with Gasteiger partial charge in [-0.2, -0.15) is 33.1 Å². The second-order valence-corrected chi connectivity index (χ2v) is 10.2. The number of carbonyl (C=O) groups is 1. The van der Waals surface area contributed by atoms with Crippen molar-refractivity contribution in [2.24, 2.45) is 10.2 Å². The molecule has 2 aromatic rings. The minimum Gasteiger partial charge on any atom is -0.507 e. The van der Waals surface area contributed by atoms with Crippen LogP contribution in [0.5, 0.6) is 5.75 Å². The zero-order valence-electron chi connectivity index (χ0n) is 19.9. The molecule has 38 heavy (non-hydrogen) atoms. The van der Waals surface area contributed by atoms with Crippen molar-refractivity contribution in [2.75, 3.05) is 5.01 Å². The third-order valence-electron chi connectivity index (χ3n) is 5.76. The number of aromatic hydroxyl groups is 1. The Morgan fingerprint density at radius 1 is 1.16 bits per heavy atom. The van der Waals surface area contributed by atoms with Gasteiger partial charge in [-0.1, -0.05) is 30.4 Å². The van der Waals surface area contributed by atoms with E-state index in [0.717, 1.165) is 17.2 Å². The SMILES string of the molecule is CC1=NN(c2ccc(F)c(C)c2)C(=O)/C1=N\NC1(NS(=O)(=O)C(F)(F)F)C=CC=C(c2ccccc2O)C1. The Balaban J connectivity index is 1.69. The lowest BCUT2D eigenvalue weighted by Gasteiger charge is -2.34. The van der Waals surface area contributed by atoms with Crippen LogP contribution in [-0.4, -0.2) is 42.0 Å². The van der Waals surface area contributed by atoms with Crippen molar-refractivity contribution in [1.29, 1.82) is 0 Å². The van der Waals surface area contributed by atoms with Gasteiger partial charge in [0.1, 0.15) is 17.2 Å². The molecule has 200 valence electrons. The fraction of sp³-hybridized carbons (Fsp3) is 0.208. The zero-order chi connectivity index (χ0) is 27.9. The molecule has 0 saturated carbocycles. The Morgan fingerprint density at radius 3 is 2.53 bits per heavy atom. The number of aryl methyl sites for hydroxylation is 1. The first-order valence-corrected chi connectivity index (χ1v) is 12.5. The van der Waals surface area contributed by atoms with Crippen LogP contribution < -0.4 is 15.2 Å². The first-order valence-electron chi connectivity index (χ1n) is 11.0. The van der Waals surface area contributed by atoms with E-state index in [9.17, 15) is 35.9 Å². The van der Waals surface area contributed by atoms with Gasteiger partial charge in [0.05, 0.1) is 11.4 Å². The van der Waals surface area contributed by atoms with Crippen LogP contribution in [0, 0.1) is 12.7 Å². The quantitative estimate of drug-likeness (QED) is 0.287. The van der Waals surface area contributed by atoms with Gasteiger partial charge in [-0.25, -0.2) is 12.8 Å². The van der Waals surface area contributed by atoms with E-state index in [4.69, 9.17) is 0 Å². The molecule has 2 aliphatic rings. The average Bonchev–Trinajstić information content (AvgIpc) is 3.12. The molecule has 0 aromatic heterocycles. The number of alkyl halides is 3. The second kappa shape index (κ2) is 9.68. The number of para-hydroxylation sites is 1. The summed E-state index contributed by atoms with van der Waals surface area (Å²) in [4.78, 5) is 13.0. The van der Waals surface area contributed by atoms with Gasteiger partial charge in [0.15, 0.2) is 5.71 Å². The lowest BCUT2D eigenvalue weighted by atomic mass is 9.90. The number of benzene rings is 2. The fourth-order valence-corrected chi connectivity index (χ4v) is 4.64. The number of hydrazone groups is 2. The summed E-state index contributed by atoms with van der Waals surface area (Å²) in [5.41, 5.74) is -4.63. The maximum atomic E-state index is 13.7. The maximum absolute atomic E-state index is 13.7. The van der Waals surface area contributed by atoms with E-state index < -0.39 is 39.3 Å². The molecule has 1 aliphatic heterocycles. The highest BCUT2D eigenvalue weighted by molar-refractivity contribution is 7.90. The number of allylic oxidation sites excluding steroid dienone is 2. The molecule has 0 bridgehead atoms. The van der Waals surface area contributed by atoms with Gasteiger partial charge in [-0.3, -0.25) is 10.2 Å². The van der Waals surface area contributed by atoms with E-state index in [1.54, 1.807) is 16.9 Å². The van der Waals surface area contributed by atoms with Crippen molar-refractivity contribution in [1.82, 2.24) is 10.1 Å². The van der Waals surface area contributed by atoms with E-state index >= 15 is 0 Å². The lowest BCUT2D eigenvalue weighted by molar-refractivity contribution is -0.112. The molecular weight excluding hydrogens is 530 g/mol. The summed E-state index contributed by atoms with van der Waals surface area (Å²) in [5.74, 6) is -1.44. The Labute approximate surface area is 214 Å². The molecule has 2 aromatic carbocycles. The van der Waals surface area contributed by atoms with Gasteiger partial charge in [-0.05, 0) is 55.3 Å². The van der Waals surface area contributed by atoms with Crippen LogP contribution in [-0.2, 0) is 14.8 Å². The molecular formula is C24H21F4N5O4S. The Bertz CT molecular complexity index is 1530. The van der Waals surface area contributed by atoms with Crippen molar-refractivity contribution in [3.05, 3.63) is 77.6 Å². The molecule has 1 atom stereocenters. The normalized spacial score (nSPS) is 21.1. The summed E-state index contributed by atoms with van der Waals surface area (Å²) >= 11 is 0. The molecule has 1 aliphatic carbocycles. The molecule has 1 heterocycles. The molecule has 1 unspecified atom stereocenters. The number of amides is 1. The van der Waals surface area contributed by atoms with Crippen molar-refractivity contribution >= 4 is 38.6 Å². The van der Waals surface area contributed by atoms with E-state index in [-0.39, 0.29) is 39.6 Å². The van der Waals surface area contributed by atoms with Crippen LogP contribution in [0.4, 0.5) is 23.2 Å². The fourth-order valence-electron chi connectivity index (χ4n) is 3.86. The number of phenolic OH excluding ortho intramolecular Hbond substituents is 1. The first kappa shape index (κ1) is 27.0. The highest BCUT2D eigenvalue weighted by Gasteiger charge is 2.50. The number of phenols is 1. The molecule has 9 nitrogen and oxygen atoms in total. The minimum atomic E-state index is -5.89. The number of rotatable bonds is 6. The summed E-state index contributed by atoms with van der Waals surface area (Å²) in [7, 11) is -5.89. The van der Waals surface area contributed by atoms with Gasteiger partial charge in [0.25, 0.3) is 0 Å². The van der Waals surface area contributed by atoms with Crippen molar-refractivity contribution < 1.29 is 35.9 Å². The van der Waals surface area contributed by atoms with Crippen LogP contribution in [0.2, 0.25) is 0 Å². The number of halogens is 4. The average molecular weight is 552 g/mol. The van der Waals surface area contributed by atoms with Gasteiger partial charge in [0.2, 0.25) is 0 Å². The Hall–Kier alpha value is -4.04. The van der Waals surface area contributed by atoms with Gasteiger partial charge < -0.3 is 5.11 Å². The van der Waals surface area contributed by atoms with Crippen LogP contribution in [0.25, 0.3) is 5.57 Å². The number of nitrogens with one attached hydrogen (secondary N) is 2. The predicted molar refractivity (Wildman–Crippen MR) is 133 cm³/mol. The highest BCUT2D eigenvalue weighted by atomic mass is 32.2. The molecule has 14 heteroatoms. The molecule has 3 N–H and O–H groups in total. The first-order chi connectivity index (χ1) is 17.7. The second-order valence-electron chi connectivity index (χ2n) is 8.58. The Kier molecular flexibility index (Phi) is 6.88. The highest BCUT2D eigenvalue weighted by Crippen LogP contribution is 2.35. The molecule has 0 radical (unpaired) electrons. The number of nitrogens with zero attached hydrogens (tertiary/aromatic N) is 3. The molecule has 0 fully saturated rings. The third kappa shape index (κ3) is 5.17. The van der Waals surface area contributed by atoms with E-state index in [1.807, 2.05) is 0 Å². The van der Waals surface area contributed by atoms with Crippen LogP contribution in [0.15, 0.2) is 70.9 Å². The van der Waals surface area contributed by atoms with Crippen LogP contribution >= 0.6 is 0 Å². The van der Waals surface area contributed by atoms with Crippen molar-refractivity contribution in [2.45, 2.75) is 31.4 Å². The van der Waals surface area contributed by atoms with Gasteiger partial charge in [-0.15, -0.1) is 0 Å². The largest absolute Gasteiger partial charge is 0.511 e. The summed E-state index contributed by atoms with van der Waals surface area (Å²) in [6.07, 6.45) is 3.48. The Morgan fingerprint density at radius 2 is 1.87 bits per heavy atom. The van der Waals surface area contributed by atoms with E-state index in [2.05, 4.69) is 15.6 Å². The van der Waals surface area contributed by atoms with Gasteiger partial charge >= 0.3 is 21.4 Å². The molecule has 4 rings (SSSR count). The molecule has 1 amide bonds. The summed E-state index contributed by atoms with van der Waals surface area (Å²) in [5, 5.41) is 19.2. The minimum absolute atomic E-state index is 0.0783. The van der Waals surface area contributed by atoms with Crippen LogP contribution in [0.3, 0.4) is 0 Å². The number of hydrogen-bond donors (Lipinski definition) is 3. The predicted octanol–water partition coefficient (Wildman–Crippen LogP) is 3.69. The van der Waals surface area contributed by atoms with Crippen molar-refractivity contribution in [3.63, 3.8) is 0 Å². The summed E-state index contributed by atoms with van der Waals surface area (Å²) < 4.78 is 79.4. The van der Waals surface area contributed by atoms with E-state index in [0.29, 0.717) is 0 Å². The number of sulfonamides is 1. The number of anilines is 1. The van der Waals surface area contributed by atoms with E-state index in [1.165, 1.54) is 50.3 Å². The monoisotopic (exact) mass is 551 g/mol. The smallest absolute Gasteiger partial charge is 0.507 e. The van der Waals surface area contributed by atoms with Crippen molar-refractivity contribution in [3.8, 4) is 5.75 Å². The maximum Gasteiger partial charge on any atom is 0.511 e. The molecule has 0 saturated heterocycles. The third-order valence-corrected chi connectivity index (χ3v) is 7.00. The molecule has 0 spiro atoms. The van der Waals surface area contributed by atoms with Gasteiger partial charge in [0, 0.05) is 12.0 Å². The number of carbonyl (C=O) groups excluding carboxylic acids is 1. The summed E-state index contributed by atoms with van der Waals surface area (Å²) in [6, 6.07) is 9.86. The standard InChI is InChI=1S/C24H21F4N5O4S/c1-14-12-17(9-10-19(14)25)33-22(35)21(15(2)30-33)29-31-23(32-38(36,37)24(26,27)28)11-5-6-16(13-23)18-7-3-4-8-20(18)34/h3-12,31-32,34H,13H2,1-2H3/b29-21-. The number of hydrogen-bond acceptors (Lipinski definition) is 7. The summed E-state index contributed by atoms with van der Waals surface area (Å²) in [6.45, 7) is 2.92. The topological polar surface area (TPSA) is 123 Å². The van der Waals surface area contributed by atoms with Crippen LogP contribution in [0.1, 0.15) is 24.5 Å².